The smallest absolute Gasteiger partial charge is 0.192 e. The minimum absolute atomic E-state index is 0.382. The number of hydrogen-bond acceptors (Lipinski definition) is 7. The highest BCUT2D eigenvalue weighted by Gasteiger charge is 2.12. The number of aryl methyl sites for hydroxylation is 1. The summed E-state index contributed by atoms with van der Waals surface area (Å²) in [6.45, 7) is 1.91. The summed E-state index contributed by atoms with van der Waals surface area (Å²) >= 11 is 2.78. The number of anilines is 1. The SMILES string of the molecule is Cc1csc(-c2nc(N)c3cc(C=O)sc3n2)n1. The fourth-order valence-electron chi connectivity index (χ4n) is 1.57. The second-order valence-corrected chi connectivity index (χ2v) is 5.63. The average Bonchev–Trinajstić information content (AvgIpc) is 2.94. The van der Waals surface area contributed by atoms with Gasteiger partial charge in [0, 0.05) is 11.1 Å². The van der Waals surface area contributed by atoms with Crippen molar-refractivity contribution in [3.05, 3.63) is 22.0 Å². The summed E-state index contributed by atoms with van der Waals surface area (Å²) in [4.78, 5) is 25.0. The van der Waals surface area contributed by atoms with Gasteiger partial charge in [0.05, 0.1) is 10.3 Å². The molecule has 3 rings (SSSR count). The Morgan fingerprint density at radius 2 is 2.17 bits per heavy atom. The normalized spacial score (nSPS) is 10.9. The van der Waals surface area contributed by atoms with Crippen LogP contribution in [-0.2, 0) is 0 Å². The van der Waals surface area contributed by atoms with Crippen LogP contribution in [0.1, 0.15) is 15.4 Å². The first-order valence-corrected chi connectivity index (χ1v) is 6.81. The van der Waals surface area contributed by atoms with Crippen LogP contribution < -0.4 is 5.73 Å². The molecule has 0 unspecified atom stereocenters. The Balaban J connectivity index is 2.23. The van der Waals surface area contributed by atoms with Crippen molar-refractivity contribution in [3.8, 4) is 10.8 Å². The van der Waals surface area contributed by atoms with Crippen LogP contribution >= 0.6 is 22.7 Å². The van der Waals surface area contributed by atoms with Gasteiger partial charge < -0.3 is 5.73 Å². The quantitative estimate of drug-likeness (QED) is 0.727. The molecule has 3 aromatic heterocycles. The maximum atomic E-state index is 10.8. The number of thiophene rings is 1. The van der Waals surface area contributed by atoms with Crippen LogP contribution in [0, 0.1) is 6.92 Å². The first kappa shape index (κ1) is 11.2. The van der Waals surface area contributed by atoms with Crippen molar-refractivity contribution in [2.24, 2.45) is 0 Å². The molecule has 90 valence electrons. The molecule has 3 heterocycles. The summed E-state index contributed by atoms with van der Waals surface area (Å²) < 4.78 is 0. The summed E-state index contributed by atoms with van der Waals surface area (Å²) in [5.41, 5.74) is 6.81. The number of nitrogens with zero attached hydrogens (tertiary/aromatic N) is 3. The summed E-state index contributed by atoms with van der Waals surface area (Å²) in [5, 5.41) is 3.39. The zero-order chi connectivity index (χ0) is 12.7. The largest absolute Gasteiger partial charge is 0.383 e. The Hall–Kier alpha value is -1.86. The van der Waals surface area contributed by atoms with Crippen LogP contribution in [0.25, 0.3) is 21.0 Å². The van der Waals surface area contributed by atoms with Gasteiger partial charge in [-0.25, -0.2) is 15.0 Å². The summed E-state index contributed by atoms with van der Waals surface area (Å²) in [6.07, 6.45) is 0.791. The monoisotopic (exact) mass is 276 g/mol. The van der Waals surface area contributed by atoms with Crippen molar-refractivity contribution in [2.75, 3.05) is 5.73 Å². The van der Waals surface area contributed by atoms with Crippen molar-refractivity contribution in [1.82, 2.24) is 15.0 Å². The molecule has 0 fully saturated rings. The van der Waals surface area contributed by atoms with Crippen molar-refractivity contribution in [2.45, 2.75) is 6.92 Å². The van der Waals surface area contributed by atoms with Gasteiger partial charge in [0.15, 0.2) is 17.1 Å². The number of carbonyl (C=O) groups excluding carboxylic acids is 1. The zero-order valence-electron chi connectivity index (χ0n) is 9.38. The molecule has 5 nitrogen and oxygen atoms in total. The van der Waals surface area contributed by atoms with Crippen LogP contribution in [0.15, 0.2) is 11.4 Å². The van der Waals surface area contributed by atoms with E-state index in [1.165, 1.54) is 22.7 Å². The van der Waals surface area contributed by atoms with E-state index in [1.807, 2.05) is 12.3 Å². The lowest BCUT2D eigenvalue weighted by molar-refractivity contribution is 0.112. The van der Waals surface area contributed by atoms with Gasteiger partial charge in [-0.3, -0.25) is 4.79 Å². The number of fused-ring (bicyclic) bond motifs is 1. The molecule has 0 amide bonds. The molecule has 0 saturated heterocycles. The second-order valence-electron chi connectivity index (χ2n) is 3.71. The number of thiazole rings is 1. The fraction of sp³-hybridized carbons (Fsp3) is 0.0909. The predicted octanol–water partition coefficient (Wildman–Crippen LogP) is 2.52. The highest BCUT2D eigenvalue weighted by Crippen LogP contribution is 2.30. The number of hydrogen-bond donors (Lipinski definition) is 1. The van der Waals surface area contributed by atoms with Gasteiger partial charge in [-0.2, -0.15) is 0 Å². The van der Waals surface area contributed by atoms with Crippen molar-refractivity contribution < 1.29 is 4.79 Å². The van der Waals surface area contributed by atoms with Gasteiger partial charge in [-0.15, -0.1) is 22.7 Å². The van der Waals surface area contributed by atoms with E-state index in [0.717, 1.165) is 22.4 Å². The topological polar surface area (TPSA) is 81.8 Å². The van der Waals surface area contributed by atoms with E-state index >= 15 is 0 Å². The molecule has 3 aromatic rings. The second kappa shape index (κ2) is 4.11. The van der Waals surface area contributed by atoms with Crippen LogP contribution in [0.3, 0.4) is 0 Å². The molecule has 0 atom stereocenters. The molecule has 0 aliphatic carbocycles. The summed E-state index contributed by atoms with van der Waals surface area (Å²) in [5.74, 6) is 0.893. The van der Waals surface area contributed by atoms with E-state index in [2.05, 4.69) is 15.0 Å². The van der Waals surface area contributed by atoms with E-state index in [0.29, 0.717) is 21.3 Å². The van der Waals surface area contributed by atoms with Gasteiger partial charge >= 0.3 is 0 Å². The molecule has 0 saturated carbocycles. The van der Waals surface area contributed by atoms with Crippen LogP contribution in [0.5, 0.6) is 0 Å². The zero-order valence-corrected chi connectivity index (χ0v) is 11.0. The maximum Gasteiger partial charge on any atom is 0.192 e. The third-order valence-corrected chi connectivity index (χ3v) is 4.28. The molecule has 0 aromatic carbocycles. The first-order valence-electron chi connectivity index (χ1n) is 5.12. The van der Waals surface area contributed by atoms with Gasteiger partial charge in [0.1, 0.15) is 10.6 Å². The van der Waals surface area contributed by atoms with Crippen molar-refractivity contribution in [3.63, 3.8) is 0 Å². The Labute approximate surface area is 110 Å². The minimum atomic E-state index is 0.382. The lowest BCUT2D eigenvalue weighted by atomic mass is 10.3. The van der Waals surface area contributed by atoms with E-state index in [9.17, 15) is 4.79 Å². The van der Waals surface area contributed by atoms with E-state index in [4.69, 9.17) is 5.73 Å². The molecule has 0 aliphatic heterocycles. The molecular formula is C11H8N4OS2. The highest BCUT2D eigenvalue weighted by atomic mass is 32.1. The number of aldehydes is 1. The van der Waals surface area contributed by atoms with E-state index < -0.39 is 0 Å². The number of nitrogens with two attached hydrogens (primary N) is 1. The number of carbonyl (C=O) groups is 1. The third-order valence-electron chi connectivity index (χ3n) is 2.37. The lowest BCUT2D eigenvalue weighted by Crippen LogP contribution is -1.95. The van der Waals surface area contributed by atoms with Gasteiger partial charge in [0.25, 0.3) is 0 Å². The number of nitrogen functional groups attached to an aromatic ring is 1. The molecule has 0 radical (unpaired) electrons. The van der Waals surface area contributed by atoms with E-state index in [-0.39, 0.29) is 0 Å². The van der Waals surface area contributed by atoms with E-state index in [1.54, 1.807) is 6.07 Å². The van der Waals surface area contributed by atoms with Crippen molar-refractivity contribution >= 4 is 45.0 Å². The Morgan fingerprint density at radius 1 is 1.33 bits per heavy atom. The van der Waals surface area contributed by atoms with Crippen LogP contribution in [-0.4, -0.2) is 21.2 Å². The molecule has 0 spiro atoms. The molecule has 18 heavy (non-hydrogen) atoms. The molecule has 0 bridgehead atoms. The molecule has 2 N–H and O–H groups in total. The van der Waals surface area contributed by atoms with Crippen LogP contribution in [0.2, 0.25) is 0 Å². The molecule has 0 aliphatic rings. The summed E-state index contributed by atoms with van der Waals surface area (Å²) in [6, 6.07) is 1.71. The predicted molar refractivity (Wildman–Crippen MR) is 73.1 cm³/mol. The number of aromatic nitrogens is 3. The number of rotatable bonds is 2. The molecular weight excluding hydrogens is 268 g/mol. The van der Waals surface area contributed by atoms with Gasteiger partial charge in [0.2, 0.25) is 0 Å². The van der Waals surface area contributed by atoms with Gasteiger partial charge in [-0.1, -0.05) is 0 Å². The maximum absolute atomic E-state index is 10.8. The Kier molecular flexibility index (Phi) is 2.57. The minimum Gasteiger partial charge on any atom is -0.383 e. The first-order chi connectivity index (χ1) is 8.67. The molecule has 7 heteroatoms. The third kappa shape index (κ3) is 1.77. The Bertz CT molecular complexity index is 747. The van der Waals surface area contributed by atoms with Gasteiger partial charge in [-0.05, 0) is 13.0 Å². The standard InChI is InChI=1S/C11H8N4OS2/c1-5-4-17-11(13-5)9-14-8(12)7-2-6(3-16)18-10(7)15-9/h2-4H,1H3,(H2,12,14,15). The Morgan fingerprint density at radius 3 is 2.83 bits per heavy atom. The lowest BCUT2D eigenvalue weighted by Gasteiger charge is -1.98. The fourth-order valence-corrected chi connectivity index (χ4v) is 3.15. The summed E-state index contributed by atoms with van der Waals surface area (Å²) in [7, 11) is 0. The van der Waals surface area contributed by atoms with Crippen molar-refractivity contribution in [1.29, 1.82) is 0 Å². The average molecular weight is 276 g/mol. The highest BCUT2D eigenvalue weighted by molar-refractivity contribution is 7.20. The van der Waals surface area contributed by atoms with Crippen LogP contribution in [0.4, 0.5) is 5.82 Å².